The Labute approximate surface area is 131 Å². The van der Waals surface area contributed by atoms with Crippen LogP contribution in [0.4, 0.5) is 0 Å². The number of thioether (sulfide) groups is 1. The molecule has 1 aromatic rings. The van der Waals surface area contributed by atoms with Crippen molar-refractivity contribution in [1.82, 2.24) is 0 Å². The van der Waals surface area contributed by atoms with Gasteiger partial charge in [0.15, 0.2) is 4.93 Å². The molecule has 1 aromatic carbocycles. The lowest BCUT2D eigenvalue weighted by Gasteiger charge is -2.43. The van der Waals surface area contributed by atoms with Crippen molar-refractivity contribution in [2.75, 3.05) is 0 Å². The molecule has 0 saturated heterocycles. The van der Waals surface area contributed by atoms with Crippen LogP contribution in [0.3, 0.4) is 0 Å². The minimum Gasteiger partial charge on any atom is -0.376 e. The average molecular weight is 301 g/mol. The van der Waals surface area contributed by atoms with E-state index in [-0.39, 0.29) is 10.3 Å². The third-order valence-electron chi connectivity index (χ3n) is 6.63. The standard InChI is InChI=1S/C18H23NOS/c1-12-5-7-13(8-6-12)15-19-20-18(21-15)11-14-9-10-17(18,4)16(14,2)3/h5-8,14H,9-11H2,1-4H3. The van der Waals surface area contributed by atoms with Crippen LogP contribution in [-0.2, 0) is 4.84 Å². The van der Waals surface area contributed by atoms with Gasteiger partial charge in [-0.15, -0.1) is 0 Å². The van der Waals surface area contributed by atoms with Crippen LogP contribution in [0.2, 0.25) is 0 Å². The van der Waals surface area contributed by atoms with Crippen LogP contribution in [0.1, 0.15) is 51.2 Å². The molecule has 0 N–H and O–H groups in total. The van der Waals surface area contributed by atoms with Gasteiger partial charge < -0.3 is 4.84 Å². The average Bonchev–Trinajstić information content (AvgIpc) is 3.01. The summed E-state index contributed by atoms with van der Waals surface area (Å²) in [6.07, 6.45) is 3.74. The van der Waals surface area contributed by atoms with Gasteiger partial charge in [-0.25, -0.2) is 0 Å². The monoisotopic (exact) mass is 301 g/mol. The molecule has 3 unspecified atom stereocenters. The Morgan fingerprint density at radius 2 is 1.90 bits per heavy atom. The summed E-state index contributed by atoms with van der Waals surface area (Å²) in [6, 6.07) is 8.61. The smallest absolute Gasteiger partial charge is 0.194 e. The molecule has 3 atom stereocenters. The molecule has 2 saturated carbocycles. The summed E-state index contributed by atoms with van der Waals surface area (Å²) >= 11 is 1.87. The minimum atomic E-state index is -0.139. The zero-order valence-electron chi connectivity index (χ0n) is 13.3. The van der Waals surface area contributed by atoms with Crippen molar-refractivity contribution in [2.45, 2.75) is 51.9 Å². The van der Waals surface area contributed by atoms with E-state index in [9.17, 15) is 0 Å². The van der Waals surface area contributed by atoms with Crippen molar-refractivity contribution in [3.63, 3.8) is 0 Å². The quantitative estimate of drug-likeness (QED) is 0.731. The van der Waals surface area contributed by atoms with E-state index < -0.39 is 0 Å². The molecule has 3 aliphatic rings. The Hall–Kier alpha value is -0.960. The summed E-state index contributed by atoms with van der Waals surface area (Å²) in [5, 5.41) is 5.54. The van der Waals surface area contributed by atoms with Gasteiger partial charge >= 0.3 is 0 Å². The van der Waals surface area contributed by atoms with Gasteiger partial charge in [0.25, 0.3) is 0 Å². The van der Waals surface area contributed by atoms with Gasteiger partial charge in [-0.2, -0.15) is 0 Å². The SMILES string of the molecule is Cc1ccc(C2=NOC3(CC4CCC3(C)C4(C)C)S2)cc1. The molecule has 3 heteroatoms. The lowest BCUT2D eigenvalue weighted by molar-refractivity contribution is -0.0659. The van der Waals surface area contributed by atoms with Crippen LogP contribution in [0.25, 0.3) is 0 Å². The Bertz CT molecular complexity index is 621. The second-order valence-corrected chi connectivity index (χ2v) is 8.95. The van der Waals surface area contributed by atoms with Gasteiger partial charge in [0.1, 0.15) is 5.04 Å². The molecular weight excluding hydrogens is 278 g/mol. The number of hydrogen-bond acceptors (Lipinski definition) is 3. The first-order chi connectivity index (χ1) is 9.88. The fourth-order valence-electron chi connectivity index (χ4n) is 4.59. The summed E-state index contributed by atoms with van der Waals surface area (Å²) in [5.74, 6) is 0.766. The maximum Gasteiger partial charge on any atom is 0.194 e. The second-order valence-electron chi connectivity index (χ2n) is 7.70. The first-order valence-electron chi connectivity index (χ1n) is 7.90. The van der Waals surface area contributed by atoms with Gasteiger partial charge in [-0.05, 0) is 31.1 Å². The predicted octanol–water partition coefficient (Wildman–Crippen LogP) is 4.96. The van der Waals surface area contributed by atoms with Crippen LogP contribution < -0.4 is 0 Å². The number of aryl methyl sites for hydroxylation is 1. The van der Waals surface area contributed by atoms with Crippen LogP contribution in [0.5, 0.6) is 0 Å². The van der Waals surface area contributed by atoms with Gasteiger partial charge in [0.05, 0.1) is 0 Å². The highest BCUT2D eigenvalue weighted by atomic mass is 32.2. The molecule has 4 rings (SSSR count). The summed E-state index contributed by atoms with van der Waals surface area (Å²) in [4.78, 5) is 5.98. The lowest BCUT2D eigenvalue weighted by atomic mass is 9.69. The van der Waals surface area contributed by atoms with E-state index in [1.807, 2.05) is 11.8 Å². The van der Waals surface area contributed by atoms with Gasteiger partial charge in [-0.1, -0.05) is 67.5 Å². The van der Waals surface area contributed by atoms with E-state index in [1.54, 1.807) is 0 Å². The fraction of sp³-hybridized carbons (Fsp3) is 0.611. The van der Waals surface area contributed by atoms with E-state index in [2.05, 4.69) is 57.1 Å². The van der Waals surface area contributed by atoms with E-state index >= 15 is 0 Å². The Morgan fingerprint density at radius 3 is 2.48 bits per heavy atom. The number of oxime groups is 1. The molecule has 2 nitrogen and oxygen atoms in total. The van der Waals surface area contributed by atoms with Crippen LogP contribution in [0, 0.1) is 23.7 Å². The number of nitrogens with zero attached hydrogens (tertiary/aromatic N) is 1. The maximum absolute atomic E-state index is 6.12. The molecule has 2 fully saturated rings. The molecule has 112 valence electrons. The van der Waals surface area contributed by atoms with E-state index in [0.29, 0.717) is 5.41 Å². The van der Waals surface area contributed by atoms with E-state index in [0.717, 1.165) is 17.4 Å². The van der Waals surface area contributed by atoms with Gasteiger partial charge in [-0.3, -0.25) is 0 Å². The largest absolute Gasteiger partial charge is 0.376 e. The number of rotatable bonds is 1. The highest BCUT2D eigenvalue weighted by Gasteiger charge is 2.72. The summed E-state index contributed by atoms with van der Waals surface area (Å²) in [6.45, 7) is 9.38. The van der Waals surface area contributed by atoms with Gasteiger partial charge in [0.2, 0.25) is 0 Å². The molecule has 1 spiro atoms. The first-order valence-corrected chi connectivity index (χ1v) is 8.72. The molecule has 2 aliphatic carbocycles. The normalized spacial score (nSPS) is 39.6. The van der Waals surface area contributed by atoms with Crippen molar-refractivity contribution >= 4 is 16.8 Å². The Balaban J connectivity index is 1.65. The lowest BCUT2D eigenvalue weighted by Crippen LogP contribution is -2.44. The minimum absolute atomic E-state index is 0.139. The molecular formula is C18H23NOS. The summed E-state index contributed by atoms with van der Waals surface area (Å²) < 4.78 is 0. The van der Waals surface area contributed by atoms with Crippen LogP contribution in [0.15, 0.2) is 29.4 Å². The van der Waals surface area contributed by atoms with Crippen molar-refractivity contribution < 1.29 is 4.84 Å². The molecule has 2 bridgehead atoms. The summed E-state index contributed by atoms with van der Waals surface area (Å²) in [5.41, 5.74) is 3.03. The van der Waals surface area contributed by atoms with E-state index in [4.69, 9.17) is 4.84 Å². The first kappa shape index (κ1) is 13.7. The molecule has 1 aliphatic heterocycles. The molecule has 21 heavy (non-hydrogen) atoms. The second kappa shape index (κ2) is 4.07. The van der Waals surface area contributed by atoms with Crippen LogP contribution >= 0.6 is 11.8 Å². The predicted molar refractivity (Wildman–Crippen MR) is 88.4 cm³/mol. The Morgan fingerprint density at radius 1 is 1.19 bits per heavy atom. The highest BCUT2D eigenvalue weighted by Crippen LogP contribution is 2.74. The molecule has 1 heterocycles. The number of benzene rings is 1. The van der Waals surface area contributed by atoms with Crippen molar-refractivity contribution in [2.24, 2.45) is 21.9 Å². The third-order valence-corrected chi connectivity index (χ3v) is 8.15. The molecule has 0 amide bonds. The maximum atomic E-state index is 6.12. The third kappa shape index (κ3) is 1.59. The number of hydrogen-bond donors (Lipinski definition) is 0. The zero-order valence-corrected chi connectivity index (χ0v) is 14.1. The molecule has 0 aromatic heterocycles. The Kier molecular flexibility index (Phi) is 2.65. The van der Waals surface area contributed by atoms with Crippen LogP contribution in [-0.4, -0.2) is 9.98 Å². The van der Waals surface area contributed by atoms with Crippen molar-refractivity contribution in [3.8, 4) is 0 Å². The molecule has 0 radical (unpaired) electrons. The fourth-order valence-corrected chi connectivity index (χ4v) is 6.18. The van der Waals surface area contributed by atoms with Gasteiger partial charge in [0, 0.05) is 17.4 Å². The van der Waals surface area contributed by atoms with E-state index in [1.165, 1.54) is 24.0 Å². The van der Waals surface area contributed by atoms with Crippen molar-refractivity contribution in [3.05, 3.63) is 35.4 Å². The zero-order chi connectivity index (χ0) is 14.9. The highest BCUT2D eigenvalue weighted by molar-refractivity contribution is 8.15. The topological polar surface area (TPSA) is 21.6 Å². The summed E-state index contributed by atoms with van der Waals surface area (Å²) in [7, 11) is 0. The number of fused-ring (bicyclic) bond motifs is 3. The van der Waals surface area contributed by atoms with Crippen molar-refractivity contribution in [1.29, 1.82) is 0 Å².